The van der Waals surface area contributed by atoms with Crippen LogP contribution in [0.1, 0.15) is 28.5 Å². The molecule has 2 aromatic carbocycles. The lowest BCUT2D eigenvalue weighted by atomic mass is 10.1. The molecule has 0 fully saturated rings. The van der Waals surface area contributed by atoms with Crippen molar-refractivity contribution in [2.24, 2.45) is 0 Å². The maximum absolute atomic E-state index is 12.3. The van der Waals surface area contributed by atoms with Crippen molar-refractivity contribution in [3.05, 3.63) is 77.7 Å². The molecule has 2 N–H and O–H groups in total. The fraction of sp³-hybridized carbons (Fsp3) is 0.150. The molecule has 3 aromatic rings. The van der Waals surface area contributed by atoms with Crippen LogP contribution in [0, 0.1) is 6.92 Å². The van der Waals surface area contributed by atoms with Gasteiger partial charge < -0.3 is 10.6 Å². The molecule has 126 valence electrons. The van der Waals surface area contributed by atoms with Gasteiger partial charge in [-0.25, -0.2) is 9.97 Å². The fourth-order valence-corrected chi connectivity index (χ4v) is 2.38. The van der Waals surface area contributed by atoms with Gasteiger partial charge in [0.2, 0.25) is 0 Å². The molecule has 3 rings (SSSR count). The Kier molecular flexibility index (Phi) is 5.04. The average Bonchev–Trinajstić information content (AvgIpc) is 2.65. The van der Waals surface area contributed by atoms with Crippen LogP contribution < -0.4 is 10.6 Å². The van der Waals surface area contributed by atoms with Crippen molar-refractivity contribution < 1.29 is 4.79 Å². The van der Waals surface area contributed by atoms with Crippen molar-refractivity contribution >= 4 is 23.1 Å². The predicted octanol–water partition coefficient (Wildman–Crippen LogP) is 4.34. The Bertz CT molecular complexity index is 858. The van der Waals surface area contributed by atoms with Gasteiger partial charge in [-0.05, 0) is 42.7 Å². The van der Waals surface area contributed by atoms with Gasteiger partial charge in [0.25, 0.3) is 5.91 Å². The van der Waals surface area contributed by atoms with E-state index in [1.807, 2.05) is 55.5 Å². The van der Waals surface area contributed by atoms with E-state index in [9.17, 15) is 4.79 Å². The highest BCUT2D eigenvalue weighted by Crippen LogP contribution is 2.18. The van der Waals surface area contributed by atoms with Gasteiger partial charge in [0.1, 0.15) is 11.5 Å². The van der Waals surface area contributed by atoms with Gasteiger partial charge in [-0.2, -0.15) is 0 Å². The first-order chi connectivity index (χ1) is 12.2. The second-order valence-corrected chi connectivity index (χ2v) is 5.73. The van der Waals surface area contributed by atoms with Gasteiger partial charge in [-0.3, -0.25) is 4.79 Å². The number of benzene rings is 2. The van der Waals surface area contributed by atoms with Crippen LogP contribution in [0.5, 0.6) is 0 Å². The number of carbonyl (C=O) groups is 1. The summed E-state index contributed by atoms with van der Waals surface area (Å²) in [6, 6.07) is 15.7. The predicted molar refractivity (Wildman–Crippen MR) is 100 cm³/mol. The molecule has 0 unspecified atom stereocenters. The highest BCUT2D eigenvalue weighted by atomic mass is 16.1. The van der Waals surface area contributed by atoms with Gasteiger partial charge in [0.05, 0.1) is 12.4 Å². The molecule has 0 spiro atoms. The van der Waals surface area contributed by atoms with Crippen molar-refractivity contribution in [1.29, 1.82) is 0 Å². The zero-order chi connectivity index (χ0) is 17.6. The van der Waals surface area contributed by atoms with Crippen LogP contribution >= 0.6 is 0 Å². The Morgan fingerprint density at radius 2 is 1.76 bits per heavy atom. The largest absolute Gasteiger partial charge is 0.339 e. The number of nitrogens with one attached hydrogen (secondary N) is 2. The quantitative estimate of drug-likeness (QED) is 0.729. The lowest BCUT2D eigenvalue weighted by molar-refractivity contribution is 0.102. The van der Waals surface area contributed by atoms with Crippen LogP contribution in [0.4, 0.5) is 17.2 Å². The minimum absolute atomic E-state index is 0.273. The molecule has 0 radical (unpaired) electrons. The Balaban J connectivity index is 1.66. The van der Waals surface area contributed by atoms with E-state index in [4.69, 9.17) is 0 Å². The molecule has 5 nitrogen and oxygen atoms in total. The number of aryl methyl sites for hydroxylation is 2. The number of rotatable bonds is 5. The minimum atomic E-state index is -0.279. The number of para-hydroxylation sites is 1. The van der Waals surface area contributed by atoms with E-state index in [0.717, 1.165) is 23.4 Å². The summed E-state index contributed by atoms with van der Waals surface area (Å²) in [7, 11) is 0. The summed E-state index contributed by atoms with van der Waals surface area (Å²) in [6.07, 6.45) is 3.99. The van der Waals surface area contributed by atoms with E-state index >= 15 is 0 Å². The molecule has 1 aromatic heterocycles. The molecule has 5 heteroatoms. The smallest absolute Gasteiger partial charge is 0.275 e. The topological polar surface area (TPSA) is 66.9 Å². The monoisotopic (exact) mass is 332 g/mol. The summed E-state index contributed by atoms with van der Waals surface area (Å²) >= 11 is 0. The zero-order valence-electron chi connectivity index (χ0n) is 14.3. The molecule has 1 heterocycles. The summed E-state index contributed by atoms with van der Waals surface area (Å²) < 4.78 is 0. The van der Waals surface area contributed by atoms with Crippen LogP contribution in [0.25, 0.3) is 0 Å². The van der Waals surface area contributed by atoms with Crippen LogP contribution in [0.2, 0.25) is 0 Å². The molecule has 0 atom stereocenters. The first-order valence-electron chi connectivity index (χ1n) is 8.20. The van der Waals surface area contributed by atoms with E-state index < -0.39 is 0 Å². The summed E-state index contributed by atoms with van der Waals surface area (Å²) in [6.45, 7) is 4.11. The highest BCUT2D eigenvalue weighted by molar-refractivity contribution is 6.02. The van der Waals surface area contributed by atoms with E-state index in [1.54, 1.807) is 6.20 Å². The molecular weight excluding hydrogens is 312 g/mol. The first kappa shape index (κ1) is 16.6. The standard InChI is InChI=1S/C20H20N4O/c1-3-15-8-10-16(11-9-15)23-20(25)18-12-22-19(13-21-18)24-17-7-5-4-6-14(17)2/h4-13H,3H2,1-2H3,(H,22,24)(H,23,25). The molecule has 0 aliphatic heterocycles. The van der Waals surface area contributed by atoms with Crippen LogP contribution in [-0.2, 0) is 6.42 Å². The first-order valence-corrected chi connectivity index (χ1v) is 8.20. The van der Waals surface area contributed by atoms with Gasteiger partial charge in [0.15, 0.2) is 0 Å². The highest BCUT2D eigenvalue weighted by Gasteiger charge is 2.09. The molecular formula is C20H20N4O. The second-order valence-electron chi connectivity index (χ2n) is 5.73. The third kappa shape index (κ3) is 4.20. The average molecular weight is 332 g/mol. The van der Waals surface area contributed by atoms with E-state index in [0.29, 0.717) is 5.82 Å². The number of anilines is 3. The second kappa shape index (κ2) is 7.57. The molecule has 25 heavy (non-hydrogen) atoms. The molecule has 1 amide bonds. The van der Waals surface area contributed by atoms with Gasteiger partial charge >= 0.3 is 0 Å². The van der Waals surface area contributed by atoms with Crippen molar-refractivity contribution in [3.8, 4) is 0 Å². The SMILES string of the molecule is CCc1ccc(NC(=O)c2cnc(Nc3ccccc3C)cn2)cc1. The van der Waals surface area contributed by atoms with Gasteiger partial charge in [0, 0.05) is 11.4 Å². The zero-order valence-corrected chi connectivity index (χ0v) is 14.3. The van der Waals surface area contributed by atoms with Crippen LogP contribution in [-0.4, -0.2) is 15.9 Å². The Labute approximate surface area is 147 Å². The molecule has 0 saturated heterocycles. The van der Waals surface area contributed by atoms with Crippen molar-refractivity contribution in [2.45, 2.75) is 20.3 Å². The fourth-order valence-electron chi connectivity index (χ4n) is 2.38. The molecule has 0 aliphatic rings. The maximum atomic E-state index is 12.3. The van der Waals surface area contributed by atoms with Crippen molar-refractivity contribution in [1.82, 2.24) is 9.97 Å². The number of nitrogens with zero attached hydrogens (tertiary/aromatic N) is 2. The lowest BCUT2D eigenvalue weighted by Crippen LogP contribution is -2.14. The summed E-state index contributed by atoms with van der Waals surface area (Å²) in [5.74, 6) is 0.317. The van der Waals surface area contributed by atoms with Crippen molar-refractivity contribution in [2.75, 3.05) is 10.6 Å². The Morgan fingerprint density at radius 1 is 1.00 bits per heavy atom. The van der Waals surface area contributed by atoms with Crippen LogP contribution in [0.3, 0.4) is 0 Å². The Morgan fingerprint density at radius 3 is 2.40 bits per heavy atom. The number of amides is 1. The lowest BCUT2D eigenvalue weighted by Gasteiger charge is -2.09. The normalized spacial score (nSPS) is 10.3. The van der Waals surface area contributed by atoms with Crippen molar-refractivity contribution in [3.63, 3.8) is 0 Å². The van der Waals surface area contributed by atoms with E-state index in [2.05, 4.69) is 27.5 Å². The molecule has 0 aliphatic carbocycles. The molecule has 0 saturated carbocycles. The minimum Gasteiger partial charge on any atom is -0.339 e. The summed E-state index contributed by atoms with van der Waals surface area (Å²) in [5.41, 5.74) is 4.32. The van der Waals surface area contributed by atoms with E-state index in [1.165, 1.54) is 11.8 Å². The maximum Gasteiger partial charge on any atom is 0.275 e. The number of aromatic nitrogens is 2. The van der Waals surface area contributed by atoms with Crippen LogP contribution in [0.15, 0.2) is 60.9 Å². The number of hydrogen-bond acceptors (Lipinski definition) is 4. The van der Waals surface area contributed by atoms with Gasteiger partial charge in [-0.1, -0.05) is 37.3 Å². The Hall–Kier alpha value is -3.21. The summed E-state index contributed by atoms with van der Waals surface area (Å²) in [5, 5.41) is 6.02. The summed E-state index contributed by atoms with van der Waals surface area (Å²) in [4.78, 5) is 20.7. The third-order valence-corrected chi connectivity index (χ3v) is 3.91. The third-order valence-electron chi connectivity index (χ3n) is 3.91. The number of carbonyl (C=O) groups excluding carboxylic acids is 1. The molecule has 0 bridgehead atoms. The number of hydrogen-bond donors (Lipinski definition) is 2. The van der Waals surface area contributed by atoms with E-state index in [-0.39, 0.29) is 11.6 Å². The van der Waals surface area contributed by atoms with Gasteiger partial charge in [-0.15, -0.1) is 0 Å².